The van der Waals surface area contributed by atoms with E-state index in [1.807, 2.05) is 0 Å². The van der Waals surface area contributed by atoms with E-state index in [4.69, 9.17) is 0 Å². The van der Waals surface area contributed by atoms with Crippen LogP contribution in [0.5, 0.6) is 0 Å². The Bertz CT molecular complexity index is 631. The summed E-state index contributed by atoms with van der Waals surface area (Å²) in [7, 11) is 0. The van der Waals surface area contributed by atoms with Gasteiger partial charge in [0.05, 0.1) is 13.1 Å². The molecular weight excluding hydrogens is 232 g/mol. The van der Waals surface area contributed by atoms with Crippen LogP contribution in [0.2, 0.25) is 0 Å². The largest absolute Gasteiger partial charge is 0.244 e. The summed E-state index contributed by atoms with van der Waals surface area (Å²) in [5, 5.41) is 0. The van der Waals surface area contributed by atoms with Crippen LogP contribution in [0.3, 0.4) is 0 Å². The Morgan fingerprint density at radius 2 is 1.68 bits per heavy atom. The highest BCUT2D eigenvalue weighted by Crippen LogP contribution is 2.42. The molecule has 0 aliphatic carbocycles. The summed E-state index contributed by atoms with van der Waals surface area (Å²) in [5.41, 5.74) is 6.70. The summed E-state index contributed by atoms with van der Waals surface area (Å²) in [4.78, 5) is 0. The minimum atomic E-state index is 0.312. The molecule has 0 radical (unpaired) electrons. The van der Waals surface area contributed by atoms with Crippen molar-refractivity contribution in [2.75, 3.05) is 0 Å². The second-order valence-corrected chi connectivity index (χ2v) is 7.63. The third-order valence-electron chi connectivity index (χ3n) is 5.42. The molecule has 0 amide bonds. The molecule has 1 aromatic carbocycles. The lowest BCUT2D eigenvalue weighted by molar-refractivity contribution is -0.677. The number of imidazole rings is 1. The van der Waals surface area contributed by atoms with E-state index < -0.39 is 0 Å². The molecule has 2 heteroatoms. The van der Waals surface area contributed by atoms with Crippen LogP contribution in [-0.2, 0) is 23.9 Å². The maximum absolute atomic E-state index is 2.49. The molecule has 1 aromatic heterocycles. The normalized spacial score (nSPS) is 22.7. The van der Waals surface area contributed by atoms with Crippen LogP contribution >= 0.6 is 0 Å². The lowest BCUT2D eigenvalue weighted by Gasteiger charge is -2.32. The second kappa shape index (κ2) is 3.23. The fourth-order valence-electron chi connectivity index (χ4n) is 3.95. The number of hydrogen-bond donors (Lipinski definition) is 0. The zero-order valence-electron chi connectivity index (χ0n) is 12.5. The van der Waals surface area contributed by atoms with Crippen molar-refractivity contribution < 1.29 is 4.57 Å². The highest BCUT2D eigenvalue weighted by molar-refractivity contribution is 5.82. The van der Waals surface area contributed by atoms with Gasteiger partial charge >= 0.3 is 0 Å². The van der Waals surface area contributed by atoms with Crippen molar-refractivity contribution >= 4 is 11.0 Å². The van der Waals surface area contributed by atoms with Gasteiger partial charge in [-0.1, -0.05) is 39.8 Å². The van der Waals surface area contributed by atoms with Gasteiger partial charge in [0.15, 0.2) is 11.0 Å². The molecule has 0 saturated heterocycles. The average molecular weight is 255 g/mol. The molecule has 2 aliphatic rings. The Morgan fingerprint density at radius 3 is 2.47 bits per heavy atom. The van der Waals surface area contributed by atoms with Gasteiger partial charge in [-0.15, -0.1) is 0 Å². The first-order chi connectivity index (χ1) is 8.90. The van der Waals surface area contributed by atoms with Crippen LogP contribution in [0, 0.1) is 0 Å². The SMILES string of the molecule is CC1(C)CCn2c[n+]3c4c(ccc1c42)C(C)(C)CC3. The molecule has 2 nitrogen and oxygen atoms in total. The number of benzene rings is 1. The number of rotatable bonds is 0. The molecular formula is C17H23N2+. The van der Waals surface area contributed by atoms with Gasteiger partial charge in [0.2, 0.25) is 6.33 Å². The van der Waals surface area contributed by atoms with Crippen LogP contribution in [0.1, 0.15) is 51.7 Å². The Morgan fingerprint density at radius 1 is 1.00 bits per heavy atom. The fraction of sp³-hybridized carbons (Fsp3) is 0.588. The van der Waals surface area contributed by atoms with Gasteiger partial charge in [-0.25, -0.2) is 9.13 Å². The predicted molar refractivity (Wildman–Crippen MR) is 77.4 cm³/mol. The molecule has 0 unspecified atom stereocenters. The molecule has 3 heterocycles. The molecule has 0 atom stereocenters. The summed E-state index contributed by atoms with van der Waals surface area (Å²) in [6, 6.07) is 4.79. The summed E-state index contributed by atoms with van der Waals surface area (Å²) in [6.07, 6.45) is 4.83. The van der Waals surface area contributed by atoms with E-state index in [9.17, 15) is 0 Å². The standard InChI is InChI=1S/C17H23N2/c1-16(2)7-9-18-11-19-10-8-17(3,4)13-6-5-12(16)14(18)15(13)19/h5-6,11H,7-10H2,1-4H3/q+1. The minimum Gasteiger partial charge on any atom is -0.230 e. The summed E-state index contributed by atoms with van der Waals surface area (Å²) in [6.45, 7) is 11.9. The van der Waals surface area contributed by atoms with Gasteiger partial charge in [-0.2, -0.15) is 0 Å². The van der Waals surface area contributed by atoms with E-state index >= 15 is 0 Å². The Labute approximate surface area is 115 Å². The van der Waals surface area contributed by atoms with Crippen LogP contribution in [0.25, 0.3) is 11.0 Å². The molecule has 4 rings (SSSR count). The smallest absolute Gasteiger partial charge is 0.230 e. The topological polar surface area (TPSA) is 8.81 Å². The molecule has 2 aliphatic heterocycles. The lowest BCUT2D eigenvalue weighted by Crippen LogP contribution is -2.42. The number of nitrogens with zero attached hydrogens (tertiary/aromatic N) is 2. The average Bonchev–Trinajstić information content (AvgIpc) is 2.71. The van der Waals surface area contributed by atoms with E-state index in [0.29, 0.717) is 10.8 Å². The van der Waals surface area contributed by atoms with Crippen molar-refractivity contribution in [1.82, 2.24) is 4.57 Å². The van der Waals surface area contributed by atoms with E-state index in [2.05, 4.69) is 55.3 Å². The van der Waals surface area contributed by atoms with Crippen LogP contribution < -0.4 is 4.57 Å². The molecule has 0 fully saturated rings. The zero-order valence-corrected chi connectivity index (χ0v) is 12.5. The summed E-state index contributed by atoms with van der Waals surface area (Å²) < 4.78 is 4.97. The number of hydrogen-bond acceptors (Lipinski definition) is 0. The highest BCUT2D eigenvalue weighted by Gasteiger charge is 2.39. The molecule has 19 heavy (non-hydrogen) atoms. The maximum Gasteiger partial charge on any atom is 0.244 e. The van der Waals surface area contributed by atoms with E-state index in [-0.39, 0.29) is 0 Å². The highest BCUT2D eigenvalue weighted by atomic mass is 15.1. The van der Waals surface area contributed by atoms with Crippen molar-refractivity contribution in [3.8, 4) is 0 Å². The Balaban J connectivity index is 2.16. The van der Waals surface area contributed by atoms with Crippen molar-refractivity contribution in [1.29, 1.82) is 0 Å². The van der Waals surface area contributed by atoms with Gasteiger partial charge in [0.1, 0.15) is 0 Å². The molecule has 2 aromatic rings. The first-order valence-corrected chi connectivity index (χ1v) is 7.46. The van der Waals surface area contributed by atoms with E-state index in [1.54, 1.807) is 0 Å². The maximum atomic E-state index is 2.49. The predicted octanol–water partition coefficient (Wildman–Crippen LogP) is 3.29. The fourth-order valence-corrected chi connectivity index (χ4v) is 3.95. The van der Waals surface area contributed by atoms with E-state index in [1.165, 1.54) is 35.0 Å². The summed E-state index contributed by atoms with van der Waals surface area (Å²) in [5.74, 6) is 0. The van der Waals surface area contributed by atoms with Crippen molar-refractivity contribution in [3.63, 3.8) is 0 Å². The van der Waals surface area contributed by atoms with Crippen molar-refractivity contribution in [3.05, 3.63) is 29.6 Å². The monoisotopic (exact) mass is 255 g/mol. The van der Waals surface area contributed by atoms with Gasteiger partial charge in [0.25, 0.3) is 0 Å². The third-order valence-corrected chi connectivity index (χ3v) is 5.42. The quantitative estimate of drug-likeness (QED) is 0.639. The molecule has 0 spiro atoms. The van der Waals surface area contributed by atoms with Gasteiger partial charge in [-0.05, 0) is 23.7 Å². The van der Waals surface area contributed by atoms with Crippen molar-refractivity contribution in [2.45, 2.75) is 64.5 Å². The molecule has 0 bridgehead atoms. The third kappa shape index (κ3) is 1.35. The van der Waals surface area contributed by atoms with Gasteiger partial charge < -0.3 is 0 Å². The summed E-state index contributed by atoms with van der Waals surface area (Å²) >= 11 is 0. The van der Waals surface area contributed by atoms with Crippen LogP contribution in [0.15, 0.2) is 18.5 Å². The first kappa shape index (κ1) is 11.5. The molecule has 0 N–H and O–H groups in total. The lowest BCUT2D eigenvalue weighted by atomic mass is 9.74. The Hall–Kier alpha value is -1.31. The molecule has 100 valence electrons. The van der Waals surface area contributed by atoms with Gasteiger partial charge in [0, 0.05) is 11.1 Å². The van der Waals surface area contributed by atoms with Gasteiger partial charge in [-0.3, -0.25) is 0 Å². The molecule has 0 saturated carbocycles. The van der Waals surface area contributed by atoms with Crippen molar-refractivity contribution in [2.24, 2.45) is 0 Å². The Kier molecular flexibility index (Phi) is 1.95. The van der Waals surface area contributed by atoms with E-state index in [0.717, 1.165) is 13.1 Å². The second-order valence-electron chi connectivity index (χ2n) is 7.63. The number of aryl methyl sites for hydroxylation is 2. The minimum absolute atomic E-state index is 0.312. The van der Waals surface area contributed by atoms with Crippen LogP contribution in [-0.4, -0.2) is 4.57 Å². The zero-order chi connectivity index (χ0) is 13.4. The first-order valence-electron chi connectivity index (χ1n) is 7.46. The number of aromatic nitrogens is 2. The van der Waals surface area contributed by atoms with Crippen LogP contribution in [0.4, 0.5) is 0 Å².